The van der Waals surface area contributed by atoms with Crippen LogP contribution >= 0.6 is 23.2 Å². The van der Waals surface area contributed by atoms with E-state index in [1.165, 1.54) is 0 Å². The lowest BCUT2D eigenvalue weighted by molar-refractivity contribution is 0.0423. The van der Waals surface area contributed by atoms with Gasteiger partial charge in [-0.25, -0.2) is 0 Å². The molecule has 0 aliphatic rings. The van der Waals surface area contributed by atoms with Crippen molar-refractivity contribution in [2.24, 2.45) is 0 Å². The van der Waals surface area contributed by atoms with Crippen molar-refractivity contribution in [3.8, 4) is 5.75 Å². The molecule has 0 aliphatic heterocycles. The molecule has 0 heterocycles. The van der Waals surface area contributed by atoms with Crippen molar-refractivity contribution in [3.63, 3.8) is 0 Å². The van der Waals surface area contributed by atoms with Gasteiger partial charge in [0.05, 0.1) is 17.7 Å². The normalized spacial score (nSPS) is 12.0. The Hall–Kier alpha value is -0.480. The van der Waals surface area contributed by atoms with E-state index >= 15 is 0 Å². The van der Waals surface area contributed by atoms with Crippen molar-refractivity contribution in [1.82, 2.24) is 4.90 Å². The van der Waals surface area contributed by atoms with Crippen LogP contribution in [0.25, 0.3) is 0 Å². The summed E-state index contributed by atoms with van der Waals surface area (Å²) in [4.78, 5) is 1.99. The summed E-state index contributed by atoms with van der Waals surface area (Å²) in [7, 11) is 3.50. The SMILES string of the molecule is COc1c(Cl)cc(Cl)cc1CN(C)CC(C)(C)O. The van der Waals surface area contributed by atoms with Gasteiger partial charge in [0.25, 0.3) is 0 Å². The first-order chi connectivity index (χ1) is 8.23. The summed E-state index contributed by atoms with van der Waals surface area (Å²) < 4.78 is 5.28. The van der Waals surface area contributed by atoms with Gasteiger partial charge < -0.3 is 9.84 Å². The first kappa shape index (κ1) is 15.6. The molecule has 5 heteroatoms. The minimum absolute atomic E-state index is 0.497. The van der Waals surface area contributed by atoms with E-state index in [1.54, 1.807) is 27.0 Å². The van der Waals surface area contributed by atoms with Crippen molar-refractivity contribution in [2.45, 2.75) is 26.0 Å². The maximum absolute atomic E-state index is 9.78. The lowest BCUT2D eigenvalue weighted by Crippen LogP contribution is -2.35. The molecule has 0 fully saturated rings. The summed E-state index contributed by atoms with van der Waals surface area (Å²) in [6.45, 7) is 4.69. The van der Waals surface area contributed by atoms with Crippen molar-refractivity contribution >= 4 is 23.2 Å². The summed E-state index contributed by atoms with van der Waals surface area (Å²) >= 11 is 12.1. The number of hydrogen-bond donors (Lipinski definition) is 1. The predicted molar refractivity (Wildman–Crippen MR) is 75.6 cm³/mol. The van der Waals surface area contributed by atoms with Gasteiger partial charge in [0.15, 0.2) is 0 Å². The third kappa shape index (κ3) is 4.65. The third-order valence-electron chi connectivity index (χ3n) is 2.39. The summed E-state index contributed by atoms with van der Waals surface area (Å²) in [6, 6.07) is 3.48. The average molecular weight is 292 g/mol. The number of rotatable bonds is 5. The first-order valence-electron chi connectivity index (χ1n) is 5.66. The van der Waals surface area contributed by atoms with E-state index in [-0.39, 0.29) is 0 Å². The minimum Gasteiger partial charge on any atom is -0.495 e. The van der Waals surface area contributed by atoms with Crippen LogP contribution < -0.4 is 4.74 Å². The van der Waals surface area contributed by atoms with Crippen LogP contribution in [0.3, 0.4) is 0 Å². The Bertz CT molecular complexity index is 416. The highest BCUT2D eigenvalue weighted by molar-refractivity contribution is 6.35. The largest absolute Gasteiger partial charge is 0.495 e. The molecule has 0 bridgehead atoms. The van der Waals surface area contributed by atoms with Crippen LogP contribution in [-0.2, 0) is 6.54 Å². The number of halogens is 2. The molecule has 1 aromatic rings. The minimum atomic E-state index is -0.746. The van der Waals surface area contributed by atoms with Gasteiger partial charge in [-0.1, -0.05) is 23.2 Å². The first-order valence-corrected chi connectivity index (χ1v) is 6.41. The van der Waals surface area contributed by atoms with Gasteiger partial charge in [0.2, 0.25) is 0 Å². The average Bonchev–Trinajstić information content (AvgIpc) is 2.13. The molecular weight excluding hydrogens is 273 g/mol. The standard InChI is InChI=1S/C13H19Cl2NO2/c1-13(2,17)8-16(3)7-9-5-10(14)6-11(15)12(9)18-4/h5-6,17H,7-8H2,1-4H3. The zero-order valence-corrected chi connectivity index (χ0v) is 12.6. The number of benzene rings is 1. The second-order valence-corrected chi connectivity index (χ2v) is 5.91. The van der Waals surface area contributed by atoms with Gasteiger partial charge in [-0.05, 0) is 33.0 Å². The highest BCUT2D eigenvalue weighted by Crippen LogP contribution is 2.32. The highest BCUT2D eigenvalue weighted by atomic mass is 35.5. The van der Waals surface area contributed by atoms with Crippen molar-refractivity contribution in [2.75, 3.05) is 20.7 Å². The molecule has 0 aromatic heterocycles. The van der Waals surface area contributed by atoms with Gasteiger partial charge in [-0.2, -0.15) is 0 Å². The number of aliphatic hydroxyl groups is 1. The molecule has 0 amide bonds. The van der Waals surface area contributed by atoms with Gasteiger partial charge >= 0.3 is 0 Å². The molecule has 0 unspecified atom stereocenters. The van der Waals surface area contributed by atoms with Crippen LogP contribution in [-0.4, -0.2) is 36.3 Å². The molecule has 0 spiro atoms. The predicted octanol–water partition coefficient (Wildman–Crippen LogP) is 3.20. The topological polar surface area (TPSA) is 32.7 Å². The van der Waals surface area contributed by atoms with Crippen LogP contribution in [0.1, 0.15) is 19.4 Å². The third-order valence-corrected chi connectivity index (χ3v) is 2.89. The molecule has 102 valence electrons. The molecule has 0 saturated carbocycles. The van der Waals surface area contributed by atoms with Crippen molar-refractivity contribution in [3.05, 3.63) is 27.7 Å². The molecule has 1 N–H and O–H groups in total. The Morgan fingerprint density at radius 2 is 1.94 bits per heavy atom. The van der Waals surface area contributed by atoms with E-state index in [0.717, 1.165) is 5.56 Å². The fourth-order valence-electron chi connectivity index (χ4n) is 1.97. The maximum Gasteiger partial charge on any atom is 0.142 e. The maximum atomic E-state index is 9.78. The molecule has 0 radical (unpaired) electrons. The van der Waals surface area contributed by atoms with Crippen molar-refractivity contribution < 1.29 is 9.84 Å². The monoisotopic (exact) mass is 291 g/mol. The quantitative estimate of drug-likeness (QED) is 0.904. The van der Waals surface area contributed by atoms with Gasteiger partial charge in [-0.15, -0.1) is 0 Å². The molecule has 0 aliphatic carbocycles. The second kappa shape index (κ2) is 6.11. The van der Waals surface area contributed by atoms with Crippen LogP contribution in [0, 0.1) is 0 Å². The summed E-state index contributed by atoms with van der Waals surface area (Å²) in [6.07, 6.45) is 0. The second-order valence-electron chi connectivity index (χ2n) is 5.06. The summed E-state index contributed by atoms with van der Waals surface area (Å²) in [5.74, 6) is 0.628. The number of nitrogens with zero attached hydrogens (tertiary/aromatic N) is 1. The number of hydrogen-bond acceptors (Lipinski definition) is 3. The number of methoxy groups -OCH3 is 1. The Morgan fingerprint density at radius 3 is 2.44 bits per heavy atom. The van der Waals surface area contributed by atoms with E-state index in [0.29, 0.717) is 28.9 Å². The Labute approximate surface area is 118 Å². The van der Waals surface area contributed by atoms with E-state index in [2.05, 4.69) is 0 Å². The smallest absolute Gasteiger partial charge is 0.142 e. The van der Waals surface area contributed by atoms with Gasteiger partial charge in [0.1, 0.15) is 5.75 Å². The van der Waals surface area contributed by atoms with Crippen LogP contribution in [0.4, 0.5) is 0 Å². The highest BCUT2D eigenvalue weighted by Gasteiger charge is 2.18. The zero-order valence-electron chi connectivity index (χ0n) is 11.1. The molecule has 1 aromatic carbocycles. The van der Waals surface area contributed by atoms with E-state index in [4.69, 9.17) is 27.9 Å². The Morgan fingerprint density at radius 1 is 1.33 bits per heavy atom. The lowest BCUT2D eigenvalue weighted by atomic mass is 10.1. The summed E-state index contributed by atoms with van der Waals surface area (Å²) in [5.41, 5.74) is 0.159. The van der Waals surface area contributed by atoms with Crippen LogP contribution in [0.15, 0.2) is 12.1 Å². The molecule has 3 nitrogen and oxygen atoms in total. The number of ether oxygens (including phenoxy) is 1. The lowest BCUT2D eigenvalue weighted by Gasteiger charge is -2.26. The molecule has 0 saturated heterocycles. The van der Waals surface area contributed by atoms with Gasteiger partial charge in [0, 0.05) is 23.7 Å². The van der Waals surface area contributed by atoms with E-state index in [1.807, 2.05) is 18.0 Å². The molecule has 0 atom stereocenters. The van der Waals surface area contributed by atoms with E-state index < -0.39 is 5.60 Å². The van der Waals surface area contributed by atoms with E-state index in [9.17, 15) is 5.11 Å². The van der Waals surface area contributed by atoms with Crippen molar-refractivity contribution in [1.29, 1.82) is 0 Å². The molecule has 18 heavy (non-hydrogen) atoms. The van der Waals surface area contributed by atoms with Gasteiger partial charge in [-0.3, -0.25) is 4.90 Å². The molecular formula is C13H19Cl2NO2. The number of likely N-dealkylation sites (N-methyl/N-ethyl adjacent to an activating group) is 1. The zero-order chi connectivity index (χ0) is 13.9. The fraction of sp³-hybridized carbons (Fsp3) is 0.538. The Balaban J connectivity index is 2.90. The van der Waals surface area contributed by atoms with Crippen LogP contribution in [0.5, 0.6) is 5.75 Å². The Kier molecular flexibility index (Phi) is 5.29. The molecule has 1 rings (SSSR count). The fourth-order valence-corrected chi connectivity index (χ4v) is 2.58. The van der Waals surface area contributed by atoms with Crippen LogP contribution in [0.2, 0.25) is 10.0 Å². The summed E-state index contributed by atoms with van der Waals surface area (Å²) in [5, 5.41) is 10.8.